The number of fused-ring (bicyclic) bond motifs is 1. The molecule has 2 unspecified atom stereocenters. The highest BCUT2D eigenvalue weighted by atomic mass is 28.3. The van der Waals surface area contributed by atoms with Gasteiger partial charge in [0.25, 0.3) is 0 Å². The summed E-state index contributed by atoms with van der Waals surface area (Å²) in [5.74, 6) is 0. The van der Waals surface area contributed by atoms with E-state index >= 15 is 0 Å². The molecular weight excluding hydrogens is 480 g/mol. The molecule has 2 fully saturated rings. The molecule has 0 amide bonds. The Balaban J connectivity index is 1.32. The van der Waals surface area contributed by atoms with E-state index < -0.39 is 8.07 Å². The van der Waals surface area contributed by atoms with Crippen LogP contribution in [0.3, 0.4) is 0 Å². The van der Waals surface area contributed by atoms with E-state index in [-0.39, 0.29) is 5.54 Å². The summed E-state index contributed by atoms with van der Waals surface area (Å²) in [6.07, 6.45) is 10.3. The van der Waals surface area contributed by atoms with Crippen LogP contribution in [-0.4, -0.2) is 75.1 Å². The van der Waals surface area contributed by atoms with Crippen LogP contribution in [0.15, 0.2) is 31.0 Å². The zero-order chi connectivity index (χ0) is 26.2. The summed E-state index contributed by atoms with van der Waals surface area (Å²) in [6, 6.07) is 7.22. The van der Waals surface area contributed by atoms with Crippen LogP contribution in [0, 0.1) is 11.3 Å². The van der Waals surface area contributed by atoms with Crippen molar-refractivity contribution >= 4 is 19.1 Å². The van der Waals surface area contributed by atoms with E-state index in [2.05, 4.69) is 72.0 Å². The monoisotopic (exact) mass is 520 g/mol. The lowest BCUT2D eigenvalue weighted by Gasteiger charge is -2.54. The molecule has 3 aromatic rings. The number of ether oxygens (including phenoxy) is 1. The van der Waals surface area contributed by atoms with Crippen molar-refractivity contribution in [3.8, 4) is 17.3 Å². The molecule has 2 atom stereocenters. The second-order valence-corrected chi connectivity index (χ2v) is 17.9. The van der Waals surface area contributed by atoms with Gasteiger partial charge < -0.3 is 14.6 Å². The minimum atomic E-state index is -1.12. The third kappa shape index (κ3) is 5.50. The zero-order valence-electron chi connectivity index (χ0n) is 22.8. The third-order valence-electron chi connectivity index (χ3n) is 7.86. The minimum Gasteiger partial charge on any atom is -0.361 e. The molecule has 5 heterocycles. The lowest BCUT2D eigenvalue weighted by Crippen LogP contribution is -2.67. The highest BCUT2D eigenvalue weighted by Gasteiger charge is 2.48. The van der Waals surface area contributed by atoms with Gasteiger partial charge >= 0.3 is 0 Å². The molecule has 0 aliphatic carbocycles. The Kier molecular flexibility index (Phi) is 7.24. The average Bonchev–Trinajstić information content (AvgIpc) is 3.45. The van der Waals surface area contributed by atoms with Gasteiger partial charge in [0.1, 0.15) is 24.2 Å². The number of hydrogen-bond donors (Lipinski definition) is 1. The molecule has 0 bridgehead atoms. The molecule has 0 saturated carbocycles. The number of aromatic nitrogens is 5. The van der Waals surface area contributed by atoms with E-state index in [1.165, 1.54) is 0 Å². The van der Waals surface area contributed by atoms with Crippen molar-refractivity contribution < 1.29 is 4.74 Å². The fourth-order valence-electron chi connectivity index (χ4n) is 5.87. The van der Waals surface area contributed by atoms with Gasteiger partial charge in [0.15, 0.2) is 0 Å². The standard InChI is InChI=1S/C27H40N8OSi/c1-20-12-23(13-21(2)32-20)34-16-27(17-34,7-8-28)35-15-22(14-31-35)25-24-6-9-33(26(24)30-18-29-25)19-36-10-11-37(3,4)5/h6,9,14-15,18,20-21,23,32H,7,10-13,16-17,19H2,1-5H3. The number of likely N-dealkylation sites (tertiary alicyclic amines) is 1. The van der Waals surface area contributed by atoms with Gasteiger partial charge in [0, 0.05) is 69.2 Å². The van der Waals surface area contributed by atoms with Crippen LogP contribution in [0.2, 0.25) is 25.7 Å². The van der Waals surface area contributed by atoms with Crippen LogP contribution in [0.4, 0.5) is 0 Å². The van der Waals surface area contributed by atoms with Crippen molar-refractivity contribution in [2.75, 3.05) is 19.7 Å². The molecule has 10 heteroatoms. The van der Waals surface area contributed by atoms with Crippen LogP contribution < -0.4 is 5.32 Å². The fraction of sp³-hybridized carbons (Fsp3) is 0.630. The summed E-state index contributed by atoms with van der Waals surface area (Å²) >= 11 is 0. The number of nitrogens with zero attached hydrogens (tertiary/aromatic N) is 7. The van der Waals surface area contributed by atoms with Gasteiger partial charge in [-0.3, -0.25) is 9.58 Å². The predicted molar refractivity (Wildman–Crippen MR) is 148 cm³/mol. The lowest BCUT2D eigenvalue weighted by molar-refractivity contribution is -0.0414. The smallest absolute Gasteiger partial charge is 0.145 e. The van der Waals surface area contributed by atoms with Crippen molar-refractivity contribution in [2.45, 2.75) is 89.2 Å². The molecule has 0 aromatic carbocycles. The largest absolute Gasteiger partial charge is 0.361 e. The number of rotatable bonds is 9. The predicted octanol–water partition coefficient (Wildman–Crippen LogP) is 4.06. The second-order valence-electron chi connectivity index (χ2n) is 12.3. The normalized spacial score (nSPS) is 24.2. The Morgan fingerprint density at radius 1 is 1.19 bits per heavy atom. The molecule has 2 aliphatic rings. The zero-order valence-corrected chi connectivity index (χ0v) is 23.8. The summed E-state index contributed by atoms with van der Waals surface area (Å²) < 4.78 is 10.0. The van der Waals surface area contributed by atoms with Crippen molar-refractivity contribution in [2.24, 2.45) is 0 Å². The molecule has 198 valence electrons. The first-order valence-corrected chi connectivity index (χ1v) is 17.2. The van der Waals surface area contributed by atoms with Crippen LogP contribution in [-0.2, 0) is 17.0 Å². The van der Waals surface area contributed by atoms with Crippen LogP contribution in [0.25, 0.3) is 22.3 Å². The van der Waals surface area contributed by atoms with E-state index in [1.54, 1.807) is 6.33 Å². The molecule has 1 N–H and O–H groups in total. The molecule has 0 spiro atoms. The molecule has 3 aromatic heterocycles. The highest BCUT2D eigenvalue weighted by molar-refractivity contribution is 6.76. The van der Waals surface area contributed by atoms with Gasteiger partial charge in [-0.05, 0) is 38.8 Å². The molecule has 37 heavy (non-hydrogen) atoms. The van der Waals surface area contributed by atoms with Gasteiger partial charge in [-0.1, -0.05) is 19.6 Å². The first kappa shape index (κ1) is 26.0. The molecule has 9 nitrogen and oxygen atoms in total. The maximum Gasteiger partial charge on any atom is 0.145 e. The van der Waals surface area contributed by atoms with Gasteiger partial charge in [0.2, 0.25) is 0 Å². The van der Waals surface area contributed by atoms with Crippen molar-refractivity contribution in [3.05, 3.63) is 31.0 Å². The topological polar surface area (TPSA) is 96.8 Å². The summed E-state index contributed by atoms with van der Waals surface area (Å²) in [6.45, 7) is 14.6. The van der Waals surface area contributed by atoms with E-state index in [9.17, 15) is 5.26 Å². The van der Waals surface area contributed by atoms with Crippen LogP contribution in [0.1, 0.15) is 33.1 Å². The van der Waals surface area contributed by atoms with Crippen molar-refractivity contribution in [1.29, 1.82) is 5.26 Å². The van der Waals surface area contributed by atoms with Crippen molar-refractivity contribution in [1.82, 2.24) is 34.5 Å². The first-order valence-electron chi connectivity index (χ1n) is 13.5. The number of nitriles is 1. The maximum atomic E-state index is 9.66. The Morgan fingerprint density at radius 3 is 2.65 bits per heavy atom. The van der Waals surface area contributed by atoms with E-state index in [4.69, 9.17) is 9.84 Å². The summed E-state index contributed by atoms with van der Waals surface area (Å²) in [5, 5.41) is 19.0. The number of nitrogens with one attached hydrogen (secondary N) is 1. The minimum absolute atomic E-state index is 0.285. The summed E-state index contributed by atoms with van der Waals surface area (Å²) in [4.78, 5) is 11.7. The highest BCUT2D eigenvalue weighted by Crippen LogP contribution is 2.37. The molecular formula is C27H40N8OSi. The second kappa shape index (κ2) is 10.3. The Labute approximate surface area is 220 Å². The molecule has 2 aliphatic heterocycles. The molecule has 2 saturated heterocycles. The third-order valence-corrected chi connectivity index (χ3v) is 9.57. The quantitative estimate of drug-likeness (QED) is 0.336. The molecule has 0 radical (unpaired) electrons. The fourth-order valence-corrected chi connectivity index (χ4v) is 6.63. The van der Waals surface area contributed by atoms with Crippen LogP contribution >= 0.6 is 0 Å². The van der Waals surface area contributed by atoms with E-state index in [0.717, 1.165) is 60.9 Å². The maximum absolute atomic E-state index is 9.66. The molecule has 5 rings (SSSR count). The number of hydrogen-bond acceptors (Lipinski definition) is 7. The number of piperidine rings is 1. The summed E-state index contributed by atoms with van der Waals surface area (Å²) in [5.41, 5.74) is 2.39. The summed E-state index contributed by atoms with van der Waals surface area (Å²) in [7, 11) is -1.12. The average molecular weight is 521 g/mol. The lowest BCUT2D eigenvalue weighted by atomic mass is 9.82. The Morgan fingerprint density at radius 2 is 1.95 bits per heavy atom. The Bertz CT molecular complexity index is 1260. The van der Waals surface area contributed by atoms with Gasteiger partial charge in [-0.2, -0.15) is 10.4 Å². The Hall–Kier alpha value is -2.58. The van der Waals surface area contributed by atoms with E-state index in [1.807, 2.05) is 21.6 Å². The van der Waals surface area contributed by atoms with Gasteiger partial charge in [-0.25, -0.2) is 9.97 Å². The van der Waals surface area contributed by atoms with E-state index in [0.29, 0.717) is 31.3 Å². The van der Waals surface area contributed by atoms with Crippen molar-refractivity contribution in [3.63, 3.8) is 0 Å². The van der Waals surface area contributed by atoms with Crippen LogP contribution in [0.5, 0.6) is 0 Å². The first-order chi connectivity index (χ1) is 17.7. The van der Waals surface area contributed by atoms with Gasteiger partial charge in [-0.15, -0.1) is 0 Å². The van der Waals surface area contributed by atoms with Gasteiger partial charge in [0.05, 0.1) is 24.4 Å². The SMILES string of the molecule is CC1CC(N2CC(CC#N)(n3cc(-c4ncnc5c4ccn5COCC[Si](C)(C)C)cn3)C2)CC(C)N1.